The number of unbranched alkanes of at least 4 members (excludes halogenated alkanes) is 1. The van der Waals surface area contributed by atoms with Crippen LogP contribution < -0.4 is 65.1 Å². The van der Waals surface area contributed by atoms with Crippen molar-refractivity contribution >= 4 is 75.9 Å². The number of primary amides is 1. The number of rotatable bonds is 36. The summed E-state index contributed by atoms with van der Waals surface area (Å²) in [6.45, 7) is 11.5. The summed E-state index contributed by atoms with van der Waals surface area (Å²) in [7, 11) is 0. The first-order chi connectivity index (χ1) is 40.7. The van der Waals surface area contributed by atoms with Crippen molar-refractivity contribution in [1.82, 2.24) is 62.8 Å². The van der Waals surface area contributed by atoms with Crippen molar-refractivity contribution in [1.29, 1.82) is 0 Å². The van der Waals surface area contributed by atoms with E-state index in [-0.39, 0.29) is 49.7 Å². The molecule has 0 saturated heterocycles. The molecule has 10 atom stereocenters. The van der Waals surface area contributed by atoms with Crippen LogP contribution in [0.15, 0.2) is 67.3 Å². The highest BCUT2D eigenvalue weighted by molar-refractivity contribution is 5.99. The van der Waals surface area contributed by atoms with Crippen molar-refractivity contribution in [2.75, 3.05) is 13.1 Å². The van der Waals surface area contributed by atoms with E-state index in [0.29, 0.717) is 53.5 Å². The van der Waals surface area contributed by atoms with Gasteiger partial charge in [0.2, 0.25) is 59.1 Å². The molecular weight excluding hydrogens is 1110 g/mol. The van der Waals surface area contributed by atoms with Crippen molar-refractivity contribution in [3.05, 3.63) is 84.1 Å². The molecule has 0 aliphatic heterocycles. The van der Waals surface area contributed by atoms with Gasteiger partial charge in [0, 0.05) is 48.3 Å². The number of nitrogens with two attached hydrogens (primary N) is 3. The second kappa shape index (κ2) is 34.1. The second-order valence-electron chi connectivity index (χ2n) is 22.2. The van der Waals surface area contributed by atoms with E-state index >= 15 is 0 Å². The molecule has 0 aliphatic rings. The molecule has 0 fully saturated rings. The Hall–Kier alpha value is -8.92. The van der Waals surface area contributed by atoms with Gasteiger partial charge in [-0.05, 0) is 86.2 Å². The lowest BCUT2D eigenvalue weighted by atomic mass is 9.97. The lowest BCUT2D eigenvalue weighted by molar-refractivity contribution is -0.142. The maximum atomic E-state index is 14.9. The van der Waals surface area contributed by atoms with Crippen molar-refractivity contribution in [3.63, 3.8) is 0 Å². The Balaban J connectivity index is 1.64. The maximum Gasteiger partial charge on any atom is 0.326 e. The van der Waals surface area contributed by atoms with Gasteiger partial charge in [-0.2, -0.15) is 0 Å². The zero-order chi connectivity index (χ0) is 63.8. The summed E-state index contributed by atoms with van der Waals surface area (Å²) in [6.07, 6.45) is 4.41. The maximum absolute atomic E-state index is 14.9. The van der Waals surface area contributed by atoms with E-state index in [0.717, 1.165) is 0 Å². The van der Waals surface area contributed by atoms with Crippen LogP contribution in [0.5, 0.6) is 5.75 Å². The van der Waals surface area contributed by atoms with Gasteiger partial charge < -0.3 is 85.2 Å². The number of imidazole rings is 1. The summed E-state index contributed by atoms with van der Waals surface area (Å²) in [5.41, 5.74) is 19.2. The van der Waals surface area contributed by atoms with Gasteiger partial charge in [0.25, 0.3) is 0 Å². The number of phenolic OH excluding ortho intramolecular Hbond substituents is 1. The third-order valence-electron chi connectivity index (χ3n) is 14.3. The number of hydrogen-bond acceptors (Lipinski definition) is 15. The zero-order valence-electron chi connectivity index (χ0n) is 49.6. The van der Waals surface area contributed by atoms with Crippen LogP contribution in [-0.2, 0) is 72.0 Å². The molecule has 4 rings (SSSR count). The van der Waals surface area contributed by atoms with Gasteiger partial charge in [-0.1, -0.05) is 78.3 Å². The highest BCUT2D eigenvalue weighted by Crippen LogP contribution is 2.21. The van der Waals surface area contributed by atoms with Crippen molar-refractivity contribution in [2.45, 2.75) is 161 Å². The molecule has 10 amide bonds. The number of carbonyl (C=O) groups excluding carboxylic acids is 10. The number of aliphatic carboxylic acids is 1. The number of hydrogen-bond donors (Lipinski definition) is 16. The minimum Gasteiger partial charge on any atom is -0.508 e. The van der Waals surface area contributed by atoms with Gasteiger partial charge >= 0.3 is 5.97 Å². The van der Waals surface area contributed by atoms with Crippen LogP contribution in [0.25, 0.3) is 10.9 Å². The van der Waals surface area contributed by atoms with Gasteiger partial charge in [-0.3, -0.25) is 47.9 Å². The van der Waals surface area contributed by atoms with Crippen LogP contribution in [0.4, 0.5) is 0 Å². The molecule has 0 radical (unpaired) electrons. The van der Waals surface area contributed by atoms with E-state index < -0.39 is 138 Å². The molecular formula is C58H85N15O13. The lowest BCUT2D eigenvalue weighted by Crippen LogP contribution is -2.61. The Labute approximate surface area is 498 Å². The molecule has 0 unspecified atom stereocenters. The van der Waals surface area contributed by atoms with Gasteiger partial charge in [0.05, 0.1) is 25.3 Å². The zero-order valence-corrected chi connectivity index (χ0v) is 49.6. The summed E-state index contributed by atoms with van der Waals surface area (Å²) in [4.78, 5) is 160. The van der Waals surface area contributed by atoms with Gasteiger partial charge in [0.1, 0.15) is 54.1 Å². The Kier molecular flexibility index (Phi) is 27.6. The second-order valence-corrected chi connectivity index (χ2v) is 22.2. The Bertz CT molecular complexity index is 2950. The van der Waals surface area contributed by atoms with Gasteiger partial charge in [0.15, 0.2) is 0 Å². The Morgan fingerprint density at radius 2 is 1.20 bits per heavy atom. The first-order valence-corrected chi connectivity index (χ1v) is 28.7. The van der Waals surface area contributed by atoms with E-state index in [9.17, 15) is 63.0 Å². The molecule has 2 heterocycles. The molecule has 4 aromatic rings. The van der Waals surface area contributed by atoms with Crippen LogP contribution >= 0.6 is 0 Å². The number of amides is 10. The number of nitrogens with zero attached hydrogens (tertiary/aromatic N) is 1. The normalized spacial score (nSPS) is 14.8. The summed E-state index contributed by atoms with van der Waals surface area (Å²) < 4.78 is 0. The van der Waals surface area contributed by atoms with Crippen LogP contribution in [0.3, 0.4) is 0 Å². The van der Waals surface area contributed by atoms with Crippen molar-refractivity contribution in [3.8, 4) is 5.75 Å². The summed E-state index contributed by atoms with van der Waals surface area (Å²) >= 11 is 0. The quantitative estimate of drug-likeness (QED) is 0.0238. The molecule has 28 heteroatoms. The number of carboxylic acid groups (broad SMARTS) is 1. The number of carboxylic acids is 1. The molecule has 86 heavy (non-hydrogen) atoms. The number of fused-ring (bicyclic) bond motifs is 1. The predicted octanol–water partition coefficient (Wildman–Crippen LogP) is -1.20. The van der Waals surface area contributed by atoms with Gasteiger partial charge in [-0.25, -0.2) is 9.78 Å². The molecule has 2 aromatic carbocycles. The topological polar surface area (TPSA) is 459 Å². The largest absolute Gasteiger partial charge is 0.508 e. The highest BCUT2D eigenvalue weighted by Gasteiger charge is 2.36. The van der Waals surface area contributed by atoms with E-state index in [1.54, 1.807) is 72.0 Å². The smallest absolute Gasteiger partial charge is 0.326 e. The Morgan fingerprint density at radius 1 is 0.628 bits per heavy atom. The third kappa shape index (κ3) is 22.3. The molecule has 2 aromatic heterocycles. The molecule has 0 bridgehead atoms. The molecule has 28 nitrogen and oxygen atoms in total. The number of carbonyl (C=O) groups is 11. The molecule has 0 spiro atoms. The average molecular weight is 1200 g/mol. The highest BCUT2D eigenvalue weighted by atomic mass is 16.4. The van der Waals surface area contributed by atoms with E-state index in [2.05, 4.69) is 62.8 Å². The summed E-state index contributed by atoms with van der Waals surface area (Å²) in [5.74, 6) is -11.1. The fourth-order valence-corrected chi connectivity index (χ4v) is 9.04. The molecule has 0 saturated carbocycles. The number of aromatic hydroxyl groups is 1. The minimum absolute atomic E-state index is 0.0168. The molecule has 19 N–H and O–H groups in total. The number of phenols is 1. The fourth-order valence-electron chi connectivity index (χ4n) is 9.04. The minimum atomic E-state index is -1.73. The number of H-pyrrole nitrogens is 2. The fraction of sp³-hybridized carbons (Fsp3) is 0.517. The van der Waals surface area contributed by atoms with Crippen LogP contribution in [0, 0.1) is 17.8 Å². The number of nitrogens with one attached hydrogen (secondary N) is 11. The molecule has 0 aliphatic carbocycles. The Morgan fingerprint density at radius 3 is 1.78 bits per heavy atom. The van der Waals surface area contributed by atoms with Gasteiger partial charge in [-0.15, -0.1) is 0 Å². The first kappa shape index (κ1) is 69.6. The first-order valence-electron chi connectivity index (χ1n) is 28.7. The van der Waals surface area contributed by atoms with E-state index in [1.807, 2.05) is 0 Å². The summed E-state index contributed by atoms with van der Waals surface area (Å²) in [6, 6.07) is 0.461. The molecule has 470 valence electrons. The van der Waals surface area contributed by atoms with Crippen molar-refractivity contribution < 1.29 is 63.0 Å². The lowest BCUT2D eigenvalue weighted by Gasteiger charge is -2.28. The van der Waals surface area contributed by atoms with Crippen molar-refractivity contribution in [2.24, 2.45) is 35.0 Å². The number of aromatic nitrogens is 3. The van der Waals surface area contributed by atoms with E-state index in [1.165, 1.54) is 43.7 Å². The third-order valence-corrected chi connectivity index (χ3v) is 14.3. The number of aromatic amines is 2. The predicted molar refractivity (Wildman–Crippen MR) is 316 cm³/mol. The average Bonchev–Trinajstić information content (AvgIpc) is 4.04. The van der Waals surface area contributed by atoms with Crippen LogP contribution in [-0.4, -0.2) is 158 Å². The van der Waals surface area contributed by atoms with Crippen LogP contribution in [0.1, 0.15) is 104 Å². The number of para-hydroxylation sites is 1. The van der Waals surface area contributed by atoms with Crippen LogP contribution in [0.2, 0.25) is 0 Å². The summed E-state index contributed by atoms with van der Waals surface area (Å²) in [5, 5.41) is 43.9. The SMILES string of the molecule is CC[C@H](C)[C@H](NC(=O)CNC(=O)[C@@H](N)C(C)C)C(=O)N[C@@H](CC(N)=O)C(=O)N[C@@H](Cc1ccc(O)cc1)C(=O)N[C@@H](Cc1c[nH]c2ccccc12)C(=O)N[C@@H](CC(C)C)C(=O)N[C@@H](C)C(=O)N[C@@H](Cc1cnc[nH]1)C(=O)N[C@@H](CCCCN)C(=O)O. The van der Waals surface area contributed by atoms with E-state index in [4.69, 9.17) is 17.2 Å². The monoisotopic (exact) mass is 1200 g/mol. The number of benzene rings is 2. The standard InChI is InChI=1S/C58H85N15O13/c1-8-32(6)49(73-47(76)28-64-56(83)48(61)31(4)5)57(84)72-45(25-46(60)75)55(82)70-42(22-34-16-18-37(74)19-17-34)52(79)71-43(23-35-26-63-39-14-10-9-13-38(35)39)53(80)69-41(21-30(2)3)51(78)66-33(7)50(77)68-44(24-36-27-62-29-65-36)54(81)67-40(58(85)86)15-11-12-20-59/h9-10,13-14,16-19,26-27,29-33,40-45,48-49,63,74H,8,11-12,15,20-25,28,59,61H2,1-7H3,(H2,60,75)(H,62,65)(H,64,83)(H,66,78)(H,67,81)(H,68,77)(H,69,80)(H,70,82)(H,71,79)(H,72,84)(H,73,76)(H,85,86)/t32-,33-,40-,41-,42-,43-,44-,45-,48-,49-/m0/s1.